The average Bonchev–Trinajstić information content (AvgIpc) is 2.73. The number of carbonyl (C=O) groups is 1. The molecule has 0 spiro atoms. The van der Waals surface area contributed by atoms with Crippen LogP contribution in [0.3, 0.4) is 0 Å². The fourth-order valence-electron chi connectivity index (χ4n) is 3.26. The summed E-state index contributed by atoms with van der Waals surface area (Å²) in [5, 5.41) is 0. The van der Waals surface area contributed by atoms with Crippen LogP contribution >= 0.6 is 0 Å². The third-order valence-electron chi connectivity index (χ3n) is 5.32. The quantitative estimate of drug-likeness (QED) is 0.767. The minimum atomic E-state index is -3.58. The summed E-state index contributed by atoms with van der Waals surface area (Å²) in [5.74, 6) is -0.223. The van der Waals surface area contributed by atoms with Crippen LogP contribution in [0.5, 0.6) is 0 Å². The van der Waals surface area contributed by atoms with Gasteiger partial charge in [0.1, 0.15) is 5.82 Å². The highest BCUT2D eigenvalue weighted by molar-refractivity contribution is 7.89. The summed E-state index contributed by atoms with van der Waals surface area (Å²) in [7, 11) is -3.58. The van der Waals surface area contributed by atoms with Crippen molar-refractivity contribution in [3.63, 3.8) is 0 Å². The zero-order valence-corrected chi connectivity index (χ0v) is 17.0. The Bertz CT molecular complexity index is 919. The van der Waals surface area contributed by atoms with Crippen molar-refractivity contribution >= 4 is 15.9 Å². The highest BCUT2D eigenvalue weighted by atomic mass is 32.2. The van der Waals surface area contributed by atoms with Gasteiger partial charge in [0, 0.05) is 31.7 Å². The van der Waals surface area contributed by atoms with E-state index in [0.29, 0.717) is 24.6 Å². The van der Waals surface area contributed by atoms with Crippen LogP contribution in [-0.2, 0) is 10.0 Å². The van der Waals surface area contributed by atoms with Crippen LogP contribution in [0.2, 0.25) is 0 Å². The second-order valence-electron chi connectivity index (χ2n) is 7.08. The lowest BCUT2D eigenvalue weighted by atomic mass is 9.99. The number of hydrogen-bond acceptors (Lipinski definition) is 3. The summed E-state index contributed by atoms with van der Waals surface area (Å²) in [5.41, 5.74) is 1.52. The van der Waals surface area contributed by atoms with Gasteiger partial charge in [-0.05, 0) is 54.3 Å². The summed E-state index contributed by atoms with van der Waals surface area (Å²) in [6.45, 7) is 5.30. The Balaban J connectivity index is 1.66. The van der Waals surface area contributed by atoms with E-state index < -0.39 is 15.8 Å². The van der Waals surface area contributed by atoms with Crippen LogP contribution in [0.1, 0.15) is 42.1 Å². The van der Waals surface area contributed by atoms with Gasteiger partial charge in [-0.2, -0.15) is 4.31 Å². The lowest BCUT2D eigenvalue weighted by Gasteiger charge is -2.34. The van der Waals surface area contributed by atoms with E-state index in [1.807, 2.05) is 12.1 Å². The number of hydrogen-bond donors (Lipinski definition) is 0. The van der Waals surface area contributed by atoms with Crippen molar-refractivity contribution in [2.75, 3.05) is 26.2 Å². The lowest BCUT2D eigenvalue weighted by molar-refractivity contribution is 0.0698. The van der Waals surface area contributed by atoms with E-state index in [0.717, 1.165) is 12.0 Å². The zero-order chi connectivity index (χ0) is 20.3. The Hall–Kier alpha value is -2.25. The SMILES string of the molecule is CCC(C)c1ccc(S(=O)(=O)N2CCN(C(=O)c3ccc(F)cc3)CC2)cc1. The van der Waals surface area contributed by atoms with E-state index in [9.17, 15) is 17.6 Å². The van der Waals surface area contributed by atoms with Crippen LogP contribution in [0.15, 0.2) is 53.4 Å². The predicted molar refractivity (Wildman–Crippen MR) is 106 cm³/mol. The van der Waals surface area contributed by atoms with Crippen molar-refractivity contribution in [1.82, 2.24) is 9.21 Å². The molecule has 1 atom stereocenters. The number of piperazine rings is 1. The van der Waals surface area contributed by atoms with E-state index in [1.54, 1.807) is 17.0 Å². The molecule has 7 heteroatoms. The van der Waals surface area contributed by atoms with E-state index in [1.165, 1.54) is 28.6 Å². The second-order valence-corrected chi connectivity index (χ2v) is 9.02. The van der Waals surface area contributed by atoms with Gasteiger partial charge < -0.3 is 4.90 Å². The van der Waals surface area contributed by atoms with Crippen molar-refractivity contribution in [2.45, 2.75) is 31.1 Å². The minimum absolute atomic E-state index is 0.213. The first-order valence-corrected chi connectivity index (χ1v) is 10.9. The summed E-state index contributed by atoms with van der Waals surface area (Å²) < 4.78 is 40.2. The molecule has 0 bridgehead atoms. The molecule has 1 aliphatic rings. The van der Waals surface area contributed by atoms with E-state index in [2.05, 4.69) is 13.8 Å². The van der Waals surface area contributed by atoms with Crippen molar-refractivity contribution < 1.29 is 17.6 Å². The van der Waals surface area contributed by atoms with Crippen LogP contribution in [-0.4, -0.2) is 49.7 Å². The molecular weight excluding hydrogens is 379 g/mol. The average molecular weight is 405 g/mol. The molecule has 0 N–H and O–H groups in total. The Morgan fingerprint density at radius 1 is 1.00 bits per heavy atom. The molecule has 0 aromatic heterocycles. The monoisotopic (exact) mass is 404 g/mol. The zero-order valence-electron chi connectivity index (χ0n) is 16.1. The molecule has 1 saturated heterocycles. The molecule has 2 aromatic carbocycles. The smallest absolute Gasteiger partial charge is 0.253 e. The number of sulfonamides is 1. The minimum Gasteiger partial charge on any atom is -0.336 e. The summed E-state index contributed by atoms with van der Waals surface area (Å²) >= 11 is 0. The summed E-state index contributed by atoms with van der Waals surface area (Å²) in [6.07, 6.45) is 0.996. The topological polar surface area (TPSA) is 57.7 Å². The second kappa shape index (κ2) is 8.41. The standard InChI is InChI=1S/C21H25FN2O3S/c1-3-16(2)17-6-10-20(11-7-17)28(26,27)24-14-12-23(13-15-24)21(25)18-4-8-19(22)9-5-18/h4-11,16H,3,12-15H2,1-2H3. The van der Waals surface area contributed by atoms with Crippen LogP contribution in [0.25, 0.3) is 0 Å². The maximum Gasteiger partial charge on any atom is 0.253 e. The van der Waals surface area contributed by atoms with Gasteiger partial charge in [-0.15, -0.1) is 0 Å². The van der Waals surface area contributed by atoms with E-state index >= 15 is 0 Å². The Labute approximate surface area is 165 Å². The number of halogens is 1. The van der Waals surface area contributed by atoms with Gasteiger partial charge in [0.25, 0.3) is 5.91 Å². The molecular formula is C21H25FN2O3S. The predicted octanol–water partition coefficient (Wildman–Crippen LogP) is 3.49. The number of benzene rings is 2. The molecule has 0 radical (unpaired) electrons. The lowest BCUT2D eigenvalue weighted by Crippen LogP contribution is -2.50. The maximum absolute atomic E-state index is 13.0. The van der Waals surface area contributed by atoms with Crippen LogP contribution in [0.4, 0.5) is 4.39 Å². The molecule has 28 heavy (non-hydrogen) atoms. The molecule has 150 valence electrons. The molecule has 2 aromatic rings. The first-order chi connectivity index (χ1) is 13.3. The number of rotatable bonds is 5. The number of carbonyl (C=O) groups excluding carboxylic acids is 1. The first kappa shape index (κ1) is 20.5. The molecule has 1 amide bonds. The van der Waals surface area contributed by atoms with Gasteiger partial charge in [0.15, 0.2) is 0 Å². The van der Waals surface area contributed by atoms with Gasteiger partial charge in [-0.1, -0.05) is 26.0 Å². The van der Waals surface area contributed by atoms with E-state index in [-0.39, 0.29) is 23.9 Å². The number of nitrogens with zero attached hydrogens (tertiary/aromatic N) is 2. The molecule has 1 fully saturated rings. The van der Waals surface area contributed by atoms with Crippen molar-refractivity contribution in [3.8, 4) is 0 Å². The van der Waals surface area contributed by atoms with Gasteiger partial charge in [0.2, 0.25) is 10.0 Å². The fraction of sp³-hybridized carbons (Fsp3) is 0.381. The highest BCUT2D eigenvalue weighted by Gasteiger charge is 2.30. The third kappa shape index (κ3) is 4.25. The summed E-state index contributed by atoms with van der Waals surface area (Å²) in [4.78, 5) is 14.4. The molecule has 1 heterocycles. The molecule has 5 nitrogen and oxygen atoms in total. The Morgan fingerprint density at radius 2 is 1.57 bits per heavy atom. The van der Waals surface area contributed by atoms with Crippen molar-refractivity contribution in [2.24, 2.45) is 0 Å². The highest BCUT2D eigenvalue weighted by Crippen LogP contribution is 2.23. The summed E-state index contributed by atoms with van der Waals surface area (Å²) in [6, 6.07) is 12.4. The van der Waals surface area contributed by atoms with Gasteiger partial charge >= 0.3 is 0 Å². The molecule has 0 saturated carbocycles. The molecule has 0 aliphatic carbocycles. The Kier molecular flexibility index (Phi) is 6.15. The third-order valence-corrected chi connectivity index (χ3v) is 7.23. The van der Waals surface area contributed by atoms with Gasteiger partial charge in [-0.3, -0.25) is 4.79 Å². The maximum atomic E-state index is 13.0. The molecule has 1 unspecified atom stereocenters. The van der Waals surface area contributed by atoms with Crippen LogP contribution < -0.4 is 0 Å². The fourth-order valence-corrected chi connectivity index (χ4v) is 4.68. The van der Waals surface area contributed by atoms with Crippen LogP contribution in [0, 0.1) is 5.82 Å². The Morgan fingerprint density at radius 3 is 2.11 bits per heavy atom. The van der Waals surface area contributed by atoms with E-state index in [4.69, 9.17) is 0 Å². The number of amides is 1. The van der Waals surface area contributed by atoms with Crippen molar-refractivity contribution in [3.05, 3.63) is 65.5 Å². The molecule has 3 rings (SSSR count). The van der Waals surface area contributed by atoms with Gasteiger partial charge in [-0.25, -0.2) is 12.8 Å². The first-order valence-electron chi connectivity index (χ1n) is 9.48. The van der Waals surface area contributed by atoms with Gasteiger partial charge in [0.05, 0.1) is 4.90 Å². The molecule has 1 aliphatic heterocycles. The normalized spacial score (nSPS) is 16.8. The van der Waals surface area contributed by atoms with Crippen molar-refractivity contribution in [1.29, 1.82) is 0 Å². The largest absolute Gasteiger partial charge is 0.336 e.